The van der Waals surface area contributed by atoms with Crippen LogP contribution in [-0.4, -0.2) is 37.7 Å². The summed E-state index contributed by atoms with van der Waals surface area (Å²) < 4.78 is 18.3. The van der Waals surface area contributed by atoms with Gasteiger partial charge in [-0.05, 0) is 174 Å². The number of allylic oxidation sites excluding steroid dienone is 2. The zero-order chi connectivity index (χ0) is 55.3. The molecule has 1 aliphatic rings. The second-order valence-electron chi connectivity index (χ2n) is 26.3. The van der Waals surface area contributed by atoms with Crippen molar-refractivity contribution in [3.63, 3.8) is 0 Å². The maximum absolute atomic E-state index is 12.6. The van der Waals surface area contributed by atoms with Crippen LogP contribution in [0, 0.1) is 13.8 Å². The maximum atomic E-state index is 12.6. The van der Waals surface area contributed by atoms with Crippen LogP contribution in [0.5, 0.6) is 17.2 Å². The van der Waals surface area contributed by atoms with Gasteiger partial charge in [0.1, 0.15) is 17.2 Å². The van der Waals surface area contributed by atoms with Crippen LogP contribution in [0.1, 0.15) is 149 Å². The fourth-order valence-corrected chi connectivity index (χ4v) is 11.6. The second-order valence-corrected chi connectivity index (χ2v) is 26.3. The van der Waals surface area contributed by atoms with Crippen LogP contribution in [-0.2, 0) is 26.4 Å². The number of hydrogen-bond donors (Lipinski definition) is 2. The Hall–Kier alpha value is -7.02. The van der Waals surface area contributed by atoms with Crippen molar-refractivity contribution < 1.29 is 19.7 Å². The van der Waals surface area contributed by atoms with Crippen molar-refractivity contribution in [3.05, 3.63) is 178 Å². The lowest BCUT2D eigenvalue weighted by Crippen LogP contribution is -2.27. The number of aromatic nitrogens is 2. The molecule has 398 valence electrons. The number of ether oxygens (including phenoxy) is 2. The third kappa shape index (κ3) is 10.1. The number of phenols is 2. The van der Waals surface area contributed by atoms with Gasteiger partial charge in [-0.25, -0.2) is 0 Å². The molecule has 2 heterocycles. The molecular formula is C71H80N2O4. The summed E-state index contributed by atoms with van der Waals surface area (Å²) in [7, 11) is 0. The topological polar surface area (TPSA) is 68.8 Å². The summed E-state index contributed by atoms with van der Waals surface area (Å²) >= 11 is 0. The Balaban J connectivity index is 0.940. The Morgan fingerprint density at radius 3 is 1.32 bits per heavy atom. The van der Waals surface area contributed by atoms with Crippen LogP contribution < -0.4 is 4.74 Å². The van der Waals surface area contributed by atoms with Gasteiger partial charge in [-0.3, -0.25) is 0 Å². The van der Waals surface area contributed by atoms with E-state index in [-0.39, 0.29) is 51.5 Å². The number of rotatable bonds is 10. The first-order valence-corrected chi connectivity index (χ1v) is 27.8. The molecule has 2 unspecified atom stereocenters. The third-order valence-electron chi connectivity index (χ3n) is 15.9. The van der Waals surface area contributed by atoms with Crippen LogP contribution in [0.3, 0.4) is 0 Å². The van der Waals surface area contributed by atoms with E-state index in [1.807, 2.05) is 24.3 Å². The first-order chi connectivity index (χ1) is 36.2. The Morgan fingerprint density at radius 1 is 0.494 bits per heavy atom. The van der Waals surface area contributed by atoms with E-state index in [0.29, 0.717) is 24.2 Å². The highest BCUT2D eigenvalue weighted by atomic mass is 16.5. The maximum Gasteiger partial charge on any atom is 0.147 e. The number of benzene rings is 7. The van der Waals surface area contributed by atoms with Crippen LogP contribution in [0.2, 0.25) is 0 Å². The highest BCUT2D eigenvalue weighted by Crippen LogP contribution is 2.47. The van der Waals surface area contributed by atoms with Gasteiger partial charge in [-0.1, -0.05) is 144 Å². The molecule has 7 aromatic carbocycles. The van der Waals surface area contributed by atoms with E-state index in [1.165, 1.54) is 43.8 Å². The molecule has 9 aromatic rings. The van der Waals surface area contributed by atoms with E-state index in [0.717, 1.165) is 61.3 Å². The van der Waals surface area contributed by atoms with Crippen LogP contribution in [0.4, 0.5) is 0 Å². The minimum Gasteiger partial charge on any atom is -0.505 e. The number of aromatic hydroxyl groups is 2. The Morgan fingerprint density at radius 2 is 0.896 bits per heavy atom. The summed E-state index contributed by atoms with van der Waals surface area (Å²) in [5, 5.41) is 29.9. The molecule has 1 aliphatic carbocycles. The molecule has 77 heavy (non-hydrogen) atoms. The average molecular weight is 1030 g/mol. The van der Waals surface area contributed by atoms with Crippen LogP contribution in [0.15, 0.2) is 140 Å². The summed E-state index contributed by atoms with van der Waals surface area (Å²) in [5.41, 5.74) is 16.0. The van der Waals surface area contributed by atoms with Crippen molar-refractivity contribution in [1.82, 2.24) is 9.13 Å². The van der Waals surface area contributed by atoms with Crippen LogP contribution >= 0.6 is 0 Å². The lowest BCUT2D eigenvalue weighted by molar-refractivity contribution is 0.00691. The van der Waals surface area contributed by atoms with Gasteiger partial charge in [0.05, 0.1) is 51.8 Å². The second kappa shape index (κ2) is 19.5. The Labute approximate surface area is 457 Å². The molecule has 0 fully saturated rings. The number of aryl methyl sites for hydroxylation is 2. The number of para-hydroxylation sites is 1. The van der Waals surface area contributed by atoms with E-state index in [2.05, 4.69) is 235 Å². The smallest absolute Gasteiger partial charge is 0.147 e. The molecule has 0 radical (unpaired) electrons. The highest BCUT2D eigenvalue weighted by Gasteiger charge is 2.29. The van der Waals surface area contributed by atoms with Crippen molar-refractivity contribution in [2.24, 2.45) is 0 Å². The highest BCUT2D eigenvalue weighted by molar-refractivity contribution is 6.11. The fraction of sp³-hybridized carbons (Fsp3) is 0.352. The van der Waals surface area contributed by atoms with Gasteiger partial charge >= 0.3 is 0 Å². The van der Waals surface area contributed by atoms with E-state index >= 15 is 0 Å². The fourth-order valence-electron chi connectivity index (χ4n) is 11.6. The van der Waals surface area contributed by atoms with Crippen molar-refractivity contribution >= 4 is 49.2 Å². The van der Waals surface area contributed by atoms with E-state index in [9.17, 15) is 10.2 Å². The normalized spacial score (nSPS) is 15.5. The predicted octanol–water partition coefficient (Wildman–Crippen LogP) is 18.7. The largest absolute Gasteiger partial charge is 0.505 e. The third-order valence-corrected chi connectivity index (χ3v) is 15.9. The summed E-state index contributed by atoms with van der Waals surface area (Å²) in [4.78, 5) is 0. The molecule has 6 nitrogen and oxygen atoms in total. The molecular weight excluding hydrogens is 945 g/mol. The molecule has 0 aliphatic heterocycles. The van der Waals surface area contributed by atoms with Gasteiger partial charge in [0.2, 0.25) is 0 Å². The van der Waals surface area contributed by atoms with Gasteiger partial charge in [0.25, 0.3) is 0 Å². The van der Waals surface area contributed by atoms with Crippen molar-refractivity contribution in [3.8, 4) is 39.8 Å². The molecule has 0 amide bonds. The van der Waals surface area contributed by atoms with Gasteiger partial charge in [-0.15, -0.1) is 0 Å². The standard InChI is InChI=1S/C71H80N2O4/c1-42-33-56(66(74)62(35-42)72-58-29-25-46(68(5,6)7)38-52(58)53-39-47(69(8,9)10)26-30-59(53)72)50-21-17-19-23-64(50)76-44(3)37-45(4)77-65-24-20-18-22-51(65)57-34-43(2)36-63(67(57)75)73-60-31-27-48(70(11,12)13)40-54(60)55-41-49(71(14,15)16)28-32-61(55)73/h17-23,25-36,38-41,44-45,65,74-75H,24,37H2,1-16H3/t44?,45-,65?/m0/s1. The molecule has 6 heteroatoms. The quantitative estimate of drug-likeness (QED) is 0.143. The van der Waals surface area contributed by atoms with Gasteiger partial charge < -0.3 is 28.8 Å². The lowest BCUT2D eigenvalue weighted by Gasteiger charge is -2.29. The van der Waals surface area contributed by atoms with Crippen molar-refractivity contribution in [1.29, 1.82) is 0 Å². The van der Waals surface area contributed by atoms with Crippen molar-refractivity contribution in [2.75, 3.05) is 0 Å². The zero-order valence-corrected chi connectivity index (χ0v) is 48.5. The Kier molecular flexibility index (Phi) is 13.5. The van der Waals surface area contributed by atoms with Gasteiger partial charge in [-0.2, -0.15) is 0 Å². The minimum atomic E-state index is -0.291. The number of fused-ring (bicyclic) bond motifs is 6. The first kappa shape index (κ1) is 53.4. The molecule has 3 atom stereocenters. The number of phenolic OH excluding ortho intramolecular Hbond substituents is 2. The van der Waals surface area contributed by atoms with Crippen molar-refractivity contribution in [2.45, 2.75) is 164 Å². The van der Waals surface area contributed by atoms with E-state index < -0.39 is 0 Å². The molecule has 10 rings (SSSR count). The molecule has 0 spiro atoms. The SMILES string of the molecule is Cc1cc(C2=CC=CCC2O[C@@H](C)CC(C)Oc2ccccc2-c2cc(C)cc(-n3c4ccc(C(C)(C)C)cc4c4cc(C(C)(C)C)ccc43)c2O)c(O)c(-n2c3ccc(C(C)(C)C)cc3c3cc(C(C)(C)C)ccc32)c1. The lowest BCUT2D eigenvalue weighted by atomic mass is 9.85. The molecule has 0 saturated heterocycles. The molecule has 0 bridgehead atoms. The zero-order valence-electron chi connectivity index (χ0n) is 48.5. The number of hydrogen-bond acceptors (Lipinski definition) is 4. The van der Waals surface area contributed by atoms with E-state index in [4.69, 9.17) is 9.47 Å². The monoisotopic (exact) mass is 1020 g/mol. The summed E-state index contributed by atoms with van der Waals surface area (Å²) in [6.07, 6.45) is 6.89. The molecule has 2 N–H and O–H groups in total. The average Bonchev–Trinajstić information content (AvgIpc) is 3.91. The van der Waals surface area contributed by atoms with Gasteiger partial charge in [0, 0.05) is 44.7 Å². The van der Waals surface area contributed by atoms with E-state index in [1.54, 1.807) is 0 Å². The molecule has 0 saturated carbocycles. The van der Waals surface area contributed by atoms with Crippen LogP contribution in [0.25, 0.3) is 71.7 Å². The van der Waals surface area contributed by atoms with Gasteiger partial charge in [0.15, 0.2) is 0 Å². The molecule has 2 aromatic heterocycles. The first-order valence-electron chi connectivity index (χ1n) is 27.8. The minimum absolute atomic E-state index is 0.0224. The summed E-state index contributed by atoms with van der Waals surface area (Å²) in [5.74, 6) is 1.12. The predicted molar refractivity (Wildman–Crippen MR) is 325 cm³/mol. The summed E-state index contributed by atoms with van der Waals surface area (Å²) in [6.45, 7) is 35.5. The number of nitrogens with zero attached hydrogens (tertiary/aromatic N) is 2. The Bertz CT molecular complexity index is 3690. The summed E-state index contributed by atoms with van der Waals surface area (Å²) in [6, 6.07) is 43.6.